The molecule has 10 heteroatoms. The van der Waals surface area contributed by atoms with Gasteiger partial charge < -0.3 is 26.0 Å². The monoisotopic (exact) mass is 471 g/mol. The van der Waals surface area contributed by atoms with Crippen LogP contribution >= 0.6 is 12.6 Å². The summed E-state index contributed by atoms with van der Waals surface area (Å²) in [5.41, 5.74) is 6.91. The van der Waals surface area contributed by atoms with Crippen LogP contribution < -0.4 is 26.8 Å². The Balaban J connectivity index is 1.44. The van der Waals surface area contributed by atoms with Crippen molar-refractivity contribution in [1.29, 1.82) is 5.41 Å². The van der Waals surface area contributed by atoms with Crippen molar-refractivity contribution < 1.29 is 4.74 Å². The van der Waals surface area contributed by atoms with Gasteiger partial charge in [0.05, 0.1) is 11.9 Å². The molecule has 1 aromatic heterocycles. The molecule has 1 saturated heterocycles. The Bertz CT molecular complexity index is 1080. The quantitative estimate of drug-likeness (QED) is 0.162. The van der Waals surface area contributed by atoms with E-state index in [0.717, 1.165) is 56.6 Å². The lowest BCUT2D eigenvalue weighted by molar-refractivity contribution is 0.276. The molecule has 2 aliphatic rings. The van der Waals surface area contributed by atoms with E-state index in [2.05, 4.69) is 33.1 Å². The first-order valence-corrected chi connectivity index (χ1v) is 11.9. The zero-order valence-corrected chi connectivity index (χ0v) is 20.1. The fourth-order valence-electron chi connectivity index (χ4n) is 4.39. The molecule has 0 saturated carbocycles. The number of anilines is 2. The maximum Gasteiger partial charge on any atom is 0.350 e. The Kier molecular flexibility index (Phi) is 6.85. The zero-order valence-electron chi connectivity index (χ0n) is 19.2. The van der Waals surface area contributed by atoms with Crippen LogP contribution in [0, 0.1) is 5.41 Å². The second kappa shape index (κ2) is 9.64. The van der Waals surface area contributed by atoms with Crippen molar-refractivity contribution in [1.82, 2.24) is 19.8 Å². The van der Waals surface area contributed by atoms with Crippen molar-refractivity contribution in [2.45, 2.75) is 50.3 Å². The van der Waals surface area contributed by atoms with E-state index < -0.39 is 0 Å². The molecule has 33 heavy (non-hydrogen) atoms. The van der Waals surface area contributed by atoms with Gasteiger partial charge in [0.2, 0.25) is 0 Å². The number of hydrogen-bond donors (Lipinski definition) is 5. The van der Waals surface area contributed by atoms with Crippen molar-refractivity contribution >= 4 is 30.1 Å². The van der Waals surface area contributed by atoms with E-state index in [1.54, 1.807) is 10.8 Å². The van der Waals surface area contributed by atoms with Gasteiger partial charge in [0.1, 0.15) is 0 Å². The molecule has 9 nitrogen and oxygen atoms in total. The molecular weight excluding hydrogens is 438 g/mol. The summed E-state index contributed by atoms with van der Waals surface area (Å²) in [5, 5.41) is 13.3. The second-order valence-electron chi connectivity index (χ2n) is 9.26. The number of aromatic nitrogens is 2. The number of nitrogens with zero attached hydrogens (tertiary/aromatic N) is 3. The number of guanidine groups is 1. The molecule has 0 aliphatic carbocycles. The average molecular weight is 472 g/mol. The first-order chi connectivity index (χ1) is 15.7. The molecule has 0 amide bonds. The number of nitrogens with one attached hydrogen (secondary N) is 3. The van der Waals surface area contributed by atoms with Crippen LogP contribution in [0.5, 0.6) is 11.5 Å². The molecule has 5 N–H and O–H groups in total. The number of thiol groups is 1. The van der Waals surface area contributed by atoms with Gasteiger partial charge in [-0.2, -0.15) is 17.6 Å². The smallest absolute Gasteiger partial charge is 0.350 e. The van der Waals surface area contributed by atoms with E-state index in [9.17, 15) is 4.79 Å². The third-order valence-corrected chi connectivity index (χ3v) is 6.49. The molecule has 2 aromatic rings. The molecular formula is C23H33N7O2S. The summed E-state index contributed by atoms with van der Waals surface area (Å²) < 4.78 is 7.56. The Morgan fingerprint density at radius 2 is 2.18 bits per heavy atom. The van der Waals surface area contributed by atoms with Crippen molar-refractivity contribution in [3.8, 4) is 11.5 Å². The lowest BCUT2D eigenvalue weighted by Gasteiger charge is -2.26. The number of nitrogens with two attached hydrogens (primary N) is 1. The Morgan fingerprint density at radius 1 is 1.36 bits per heavy atom. The maximum atomic E-state index is 12.9. The Hall–Kier alpha value is -2.72. The van der Waals surface area contributed by atoms with Crippen LogP contribution in [-0.2, 0) is 4.75 Å². The number of fused-ring (bicyclic) bond motifs is 2. The maximum absolute atomic E-state index is 12.9. The largest absolute Gasteiger partial charge is 0.450 e. The highest BCUT2D eigenvalue weighted by Gasteiger charge is 2.25. The highest BCUT2D eigenvalue weighted by Crippen LogP contribution is 2.42. The van der Waals surface area contributed by atoms with E-state index in [0.29, 0.717) is 23.9 Å². The fraction of sp³-hybridized carbons (Fsp3) is 0.522. The van der Waals surface area contributed by atoms with Crippen LogP contribution in [0.15, 0.2) is 29.2 Å². The van der Waals surface area contributed by atoms with Crippen LogP contribution in [0.2, 0.25) is 0 Å². The molecule has 2 aliphatic heterocycles. The third-order valence-electron chi connectivity index (χ3n) is 6.23. The van der Waals surface area contributed by atoms with Gasteiger partial charge in [-0.15, -0.1) is 0 Å². The zero-order chi connectivity index (χ0) is 23.6. The van der Waals surface area contributed by atoms with Crippen LogP contribution in [0.3, 0.4) is 0 Å². The second-order valence-corrected chi connectivity index (χ2v) is 10.4. The first kappa shape index (κ1) is 23.4. The molecule has 0 bridgehead atoms. The van der Waals surface area contributed by atoms with Gasteiger partial charge in [-0.3, -0.25) is 9.98 Å². The van der Waals surface area contributed by atoms with Gasteiger partial charge in [-0.1, -0.05) is 6.07 Å². The summed E-state index contributed by atoms with van der Waals surface area (Å²) in [6.45, 7) is 7.62. The molecule has 0 radical (unpaired) electrons. The summed E-state index contributed by atoms with van der Waals surface area (Å²) in [5.74, 6) is 1.74. The van der Waals surface area contributed by atoms with Crippen molar-refractivity contribution in [2.75, 3.05) is 31.5 Å². The van der Waals surface area contributed by atoms with Crippen LogP contribution in [-0.4, -0.2) is 46.6 Å². The standard InChI is InChI=1S/C23H33N7O2S/c1-23(2,33)15-6-7-18-17(13-15)27-20-19(32-18)14-30(22(31)28-20)16-5-3-10-29(12-8-16)11-4-9-26-21(24)25/h6-7,13-14,16,33H,3-5,8-12H2,1-2H3,(H4,24,25,26)(H,27,28,31). The summed E-state index contributed by atoms with van der Waals surface area (Å²) in [6, 6.07) is 6.02. The number of hydrogen-bond acceptors (Lipinski definition) is 7. The van der Waals surface area contributed by atoms with E-state index in [1.807, 2.05) is 32.0 Å². The summed E-state index contributed by atoms with van der Waals surface area (Å²) in [6.07, 6.45) is 5.54. The van der Waals surface area contributed by atoms with Gasteiger partial charge in [0, 0.05) is 23.9 Å². The van der Waals surface area contributed by atoms with Crippen LogP contribution in [0.1, 0.15) is 51.1 Å². The lowest BCUT2D eigenvalue weighted by Crippen LogP contribution is -2.34. The predicted molar refractivity (Wildman–Crippen MR) is 134 cm³/mol. The van der Waals surface area contributed by atoms with Crippen molar-refractivity contribution in [2.24, 2.45) is 5.73 Å². The Labute approximate surface area is 199 Å². The Morgan fingerprint density at radius 3 is 2.94 bits per heavy atom. The first-order valence-electron chi connectivity index (χ1n) is 11.5. The van der Waals surface area contributed by atoms with Crippen LogP contribution in [0.25, 0.3) is 0 Å². The van der Waals surface area contributed by atoms with Crippen LogP contribution in [0.4, 0.5) is 11.5 Å². The van der Waals surface area contributed by atoms with Crippen molar-refractivity contribution in [3.63, 3.8) is 0 Å². The number of ether oxygens (including phenoxy) is 1. The van der Waals surface area contributed by atoms with Gasteiger partial charge in [-0.25, -0.2) is 4.79 Å². The predicted octanol–water partition coefficient (Wildman–Crippen LogP) is 3.16. The topological polar surface area (TPSA) is 121 Å². The third kappa shape index (κ3) is 5.62. The van der Waals surface area contributed by atoms with Gasteiger partial charge >= 0.3 is 5.69 Å². The number of likely N-dealkylation sites (tertiary alicyclic amines) is 1. The van der Waals surface area contributed by atoms with E-state index in [-0.39, 0.29) is 22.4 Å². The minimum absolute atomic E-state index is 0.00975. The molecule has 3 heterocycles. The molecule has 1 aromatic carbocycles. The van der Waals surface area contributed by atoms with E-state index in [1.165, 1.54) is 0 Å². The summed E-state index contributed by atoms with van der Waals surface area (Å²) in [4.78, 5) is 19.6. The molecule has 178 valence electrons. The summed E-state index contributed by atoms with van der Waals surface area (Å²) in [7, 11) is 0. The SMILES string of the molecule is CC(C)(S)c1ccc2c(c1)Nc1nc(=O)n(C3CCCN(CCCNC(=N)N)CC3)cc1O2. The molecule has 0 spiro atoms. The van der Waals surface area contributed by atoms with Crippen molar-refractivity contribution in [3.05, 3.63) is 40.4 Å². The number of rotatable bonds is 6. The van der Waals surface area contributed by atoms with Gasteiger partial charge in [0.25, 0.3) is 0 Å². The normalized spacial score (nSPS) is 18.3. The lowest BCUT2D eigenvalue weighted by atomic mass is 10.0. The highest BCUT2D eigenvalue weighted by atomic mass is 32.1. The molecule has 1 unspecified atom stereocenters. The highest BCUT2D eigenvalue weighted by molar-refractivity contribution is 7.81. The molecule has 1 fully saturated rings. The van der Waals surface area contributed by atoms with Gasteiger partial charge in [-0.05, 0) is 70.3 Å². The summed E-state index contributed by atoms with van der Waals surface area (Å²) >= 11 is 4.64. The minimum Gasteiger partial charge on any atom is -0.450 e. The number of benzene rings is 1. The van der Waals surface area contributed by atoms with E-state index in [4.69, 9.17) is 15.9 Å². The molecule has 4 rings (SSSR count). The van der Waals surface area contributed by atoms with E-state index >= 15 is 0 Å². The molecule has 1 atom stereocenters. The fourth-order valence-corrected chi connectivity index (χ4v) is 4.53. The average Bonchev–Trinajstić information content (AvgIpc) is 2.99. The minimum atomic E-state index is -0.287. The van der Waals surface area contributed by atoms with Gasteiger partial charge in [0.15, 0.2) is 23.3 Å².